The van der Waals surface area contributed by atoms with Crippen molar-refractivity contribution in [2.75, 3.05) is 19.6 Å². The Bertz CT molecular complexity index is 185. The molecule has 0 radical (unpaired) electrons. The summed E-state index contributed by atoms with van der Waals surface area (Å²) in [6.45, 7) is 10.6. The highest BCUT2D eigenvalue weighted by molar-refractivity contribution is 4.80. The Kier molecular flexibility index (Phi) is 7.14. The monoisotopic (exact) mass is 240 g/mol. The van der Waals surface area contributed by atoms with Crippen LogP contribution in [0.25, 0.3) is 0 Å². The first-order valence-electron chi connectivity index (χ1n) is 7.58. The van der Waals surface area contributed by atoms with E-state index < -0.39 is 0 Å². The maximum Gasteiger partial charge on any atom is 0.00682 e. The third-order valence-electron chi connectivity index (χ3n) is 3.60. The molecule has 0 aromatic rings. The first kappa shape index (κ1) is 15.0. The van der Waals surface area contributed by atoms with Gasteiger partial charge >= 0.3 is 0 Å². The van der Waals surface area contributed by atoms with Crippen molar-refractivity contribution in [3.63, 3.8) is 0 Å². The molecule has 1 fully saturated rings. The molecule has 0 heterocycles. The molecule has 0 atom stereocenters. The summed E-state index contributed by atoms with van der Waals surface area (Å²) in [7, 11) is 0. The van der Waals surface area contributed by atoms with E-state index in [2.05, 4.69) is 31.4 Å². The van der Waals surface area contributed by atoms with Gasteiger partial charge in [0, 0.05) is 12.6 Å². The Morgan fingerprint density at radius 3 is 2.47 bits per heavy atom. The standard InChI is InChI=1S/C15H32N2/c1-4-5-6-10-15(2,3)13-16-11-7-12-17-14-8-9-14/h14,16-17H,4-13H2,1-3H3. The second kappa shape index (κ2) is 8.10. The van der Waals surface area contributed by atoms with Gasteiger partial charge < -0.3 is 10.6 Å². The van der Waals surface area contributed by atoms with Crippen molar-refractivity contribution in [3.05, 3.63) is 0 Å². The molecule has 1 saturated carbocycles. The molecule has 0 spiro atoms. The van der Waals surface area contributed by atoms with Gasteiger partial charge in [-0.25, -0.2) is 0 Å². The van der Waals surface area contributed by atoms with E-state index in [9.17, 15) is 0 Å². The van der Waals surface area contributed by atoms with Gasteiger partial charge in [0.2, 0.25) is 0 Å². The van der Waals surface area contributed by atoms with Crippen molar-refractivity contribution >= 4 is 0 Å². The van der Waals surface area contributed by atoms with Crippen LogP contribution in [0.5, 0.6) is 0 Å². The molecule has 0 unspecified atom stereocenters. The number of hydrogen-bond donors (Lipinski definition) is 2. The van der Waals surface area contributed by atoms with Crippen molar-refractivity contribution in [3.8, 4) is 0 Å². The molecule has 1 aliphatic rings. The first-order valence-corrected chi connectivity index (χ1v) is 7.58. The van der Waals surface area contributed by atoms with E-state index in [1.165, 1.54) is 58.0 Å². The van der Waals surface area contributed by atoms with E-state index in [1.54, 1.807) is 0 Å². The zero-order chi connectivity index (χ0) is 12.6. The van der Waals surface area contributed by atoms with E-state index in [1.807, 2.05) is 0 Å². The van der Waals surface area contributed by atoms with Gasteiger partial charge in [0.15, 0.2) is 0 Å². The number of unbranched alkanes of at least 4 members (excludes halogenated alkanes) is 2. The van der Waals surface area contributed by atoms with Crippen molar-refractivity contribution in [2.24, 2.45) is 5.41 Å². The maximum absolute atomic E-state index is 3.61. The molecule has 17 heavy (non-hydrogen) atoms. The number of rotatable bonds is 11. The lowest BCUT2D eigenvalue weighted by Gasteiger charge is -2.25. The van der Waals surface area contributed by atoms with Gasteiger partial charge in [-0.1, -0.05) is 40.0 Å². The fourth-order valence-electron chi connectivity index (χ4n) is 2.18. The molecule has 0 saturated heterocycles. The zero-order valence-corrected chi connectivity index (χ0v) is 12.1. The SMILES string of the molecule is CCCCCC(C)(C)CNCCCNC1CC1. The molecule has 2 N–H and O–H groups in total. The zero-order valence-electron chi connectivity index (χ0n) is 12.1. The van der Waals surface area contributed by atoms with Crippen LogP contribution in [-0.2, 0) is 0 Å². The Morgan fingerprint density at radius 2 is 1.82 bits per heavy atom. The van der Waals surface area contributed by atoms with E-state index in [4.69, 9.17) is 0 Å². The molecule has 2 nitrogen and oxygen atoms in total. The summed E-state index contributed by atoms with van der Waals surface area (Å²) >= 11 is 0. The van der Waals surface area contributed by atoms with Gasteiger partial charge in [0.1, 0.15) is 0 Å². The third-order valence-corrected chi connectivity index (χ3v) is 3.60. The smallest absolute Gasteiger partial charge is 0.00682 e. The number of hydrogen-bond acceptors (Lipinski definition) is 2. The molecule has 102 valence electrons. The van der Waals surface area contributed by atoms with Gasteiger partial charge in [-0.15, -0.1) is 0 Å². The molecule has 0 aromatic heterocycles. The Morgan fingerprint density at radius 1 is 1.06 bits per heavy atom. The van der Waals surface area contributed by atoms with Crippen LogP contribution in [0.3, 0.4) is 0 Å². The van der Waals surface area contributed by atoms with Crippen molar-refractivity contribution < 1.29 is 0 Å². The van der Waals surface area contributed by atoms with Crippen LogP contribution in [0.1, 0.15) is 65.7 Å². The summed E-state index contributed by atoms with van der Waals surface area (Å²) in [4.78, 5) is 0. The van der Waals surface area contributed by atoms with Gasteiger partial charge in [-0.3, -0.25) is 0 Å². The van der Waals surface area contributed by atoms with Crippen LogP contribution in [0.2, 0.25) is 0 Å². The highest BCUT2D eigenvalue weighted by Crippen LogP contribution is 2.22. The van der Waals surface area contributed by atoms with E-state index >= 15 is 0 Å². The molecular formula is C15H32N2. The molecule has 1 aliphatic carbocycles. The maximum atomic E-state index is 3.61. The lowest BCUT2D eigenvalue weighted by atomic mass is 9.87. The van der Waals surface area contributed by atoms with Gasteiger partial charge in [-0.2, -0.15) is 0 Å². The minimum atomic E-state index is 0.471. The van der Waals surface area contributed by atoms with Crippen molar-refractivity contribution in [1.29, 1.82) is 0 Å². The average Bonchev–Trinajstić information content (AvgIpc) is 3.07. The fraction of sp³-hybridized carbons (Fsp3) is 1.00. The second-order valence-corrected chi connectivity index (χ2v) is 6.38. The van der Waals surface area contributed by atoms with Crippen LogP contribution in [0, 0.1) is 5.41 Å². The predicted molar refractivity (Wildman–Crippen MR) is 76.4 cm³/mol. The molecule has 0 amide bonds. The summed E-state index contributed by atoms with van der Waals surface area (Å²) < 4.78 is 0. The quantitative estimate of drug-likeness (QED) is 0.541. The lowest BCUT2D eigenvalue weighted by molar-refractivity contribution is 0.302. The highest BCUT2D eigenvalue weighted by atomic mass is 15.0. The van der Waals surface area contributed by atoms with E-state index in [0.29, 0.717) is 5.41 Å². The van der Waals surface area contributed by atoms with Crippen LogP contribution in [-0.4, -0.2) is 25.7 Å². The highest BCUT2D eigenvalue weighted by Gasteiger charge is 2.19. The van der Waals surface area contributed by atoms with Crippen molar-refractivity contribution in [1.82, 2.24) is 10.6 Å². The van der Waals surface area contributed by atoms with Gasteiger partial charge in [0.05, 0.1) is 0 Å². The normalized spacial score (nSPS) is 16.4. The summed E-state index contributed by atoms with van der Waals surface area (Å²) in [6.07, 6.45) is 9.52. The molecule has 0 aromatic carbocycles. The first-order chi connectivity index (χ1) is 8.14. The van der Waals surface area contributed by atoms with Gasteiger partial charge in [-0.05, 0) is 44.2 Å². The summed E-state index contributed by atoms with van der Waals surface area (Å²) in [5.74, 6) is 0. The van der Waals surface area contributed by atoms with Crippen molar-refractivity contribution in [2.45, 2.75) is 71.8 Å². The lowest BCUT2D eigenvalue weighted by Crippen LogP contribution is -2.31. The largest absolute Gasteiger partial charge is 0.316 e. The Balaban J connectivity index is 1.88. The summed E-state index contributed by atoms with van der Waals surface area (Å²) in [5.41, 5.74) is 0.471. The Labute approximate surface area is 108 Å². The van der Waals surface area contributed by atoms with E-state index in [0.717, 1.165) is 12.6 Å². The Hall–Kier alpha value is -0.0800. The third kappa shape index (κ3) is 8.62. The number of nitrogens with one attached hydrogen (secondary N) is 2. The van der Waals surface area contributed by atoms with E-state index in [-0.39, 0.29) is 0 Å². The van der Waals surface area contributed by atoms with Crippen LogP contribution in [0.15, 0.2) is 0 Å². The molecule has 0 aliphatic heterocycles. The molecule has 1 rings (SSSR count). The summed E-state index contributed by atoms with van der Waals surface area (Å²) in [5, 5.41) is 7.16. The average molecular weight is 240 g/mol. The fourth-order valence-corrected chi connectivity index (χ4v) is 2.18. The minimum absolute atomic E-state index is 0.471. The molecule has 0 bridgehead atoms. The van der Waals surface area contributed by atoms with Gasteiger partial charge in [0.25, 0.3) is 0 Å². The second-order valence-electron chi connectivity index (χ2n) is 6.38. The minimum Gasteiger partial charge on any atom is -0.316 e. The van der Waals surface area contributed by atoms with Crippen LogP contribution >= 0.6 is 0 Å². The molecule has 2 heteroatoms. The van der Waals surface area contributed by atoms with Crippen LogP contribution < -0.4 is 10.6 Å². The van der Waals surface area contributed by atoms with Crippen LogP contribution in [0.4, 0.5) is 0 Å². The predicted octanol–water partition coefficient (Wildman–Crippen LogP) is 3.32. The summed E-state index contributed by atoms with van der Waals surface area (Å²) in [6, 6.07) is 0.862. The topological polar surface area (TPSA) is 24.1 Å². The molecular weight excluding hydrogens is 208 g/mol.